The number of alkyl halides is 3. The van der Waals surface area contributed by atoms with E-state index in [1.807, 2.05) is 0 Å². The first kappa shape index (κ1) is 18.9. The lowest BCUT2D eigenvalue weighted by Gasteiger charge is -2.17. The van der Waals surface area contributed by atoms with Crippen molar-refractivity contribution in [2.45, 2.75) is 17.6 Å². The van der Waals surface area contributed by atoms with Crippen molar-refractivity contribution in [3.63, 3.8) is 0 Å². The van der Waals surface area contributed by atoms with Crippen LogP contribution in [0.15, 0.2) is 17.0 Å². The van der Waals surface area contributed by atoms with Gasteiger partial charge in [-0.3, -0.25) is 9.96 Å². The second-order valence-electron chi connectivity index (χ2n) is 4.93. The van der Waals surface area contributed by atoms with Gasteiger partial charge >= 0.3 is 6.18 Å². The first-order chi connectivity index (χ1) is 10.7. The van der Waals surface area contributed by atoms with E-state index in [0.29, 0.717) is 12.3 Å². The molecule has 0 atom stereocenters. The molecule has 0 bridgehead atoms. The number of aromatic nitrogens is 1. The van der Waals surface area contributed by atoms with Gasteiger partial charge in [0.15, 0.2) is 14.6 Å². The van der Waals surface area contributed by atoms with E-state index in [9.17, 15) is 30.0 Å². The minimum atomic E-state index is -4.60. The molecular formula is C11H11F3N2O5S3. The van der Waals surface area contributed by atoms with Crippen LogP contribution in [0.3, 0.4) is 0 Å². The Bertz CT molecular complexity index is 1060. The minimum Gasteiger partial charge on any atom is -0.315 e. The molecule has 13 heteroatoms. The Morgan fingerprint density at radius 2 is 1.88 bits per heavy atom. The van der Waals surface area contributed by atoms with Crippen LogP contribution in [0, 0.1) is 5.41 Å². The van der Waals surface area contributed by atoms with Crippen LogP contribution in [0.4, 0.5) is 13.2 Å². The van der Waals surface area contributed by atoms with E-state index in [1.165, 1.54) is 4.57 Å². The highest BCUT2D eigenvalue weighted by Gasteiger charge is 2.35. The average molecular weight is 404 g/mol. The van der Waals surface area contributed by atoms with Gasteiger partial charge in [0.25, 0.3) is 10.1 Å². The first-order valence-corrected chi connectivity index (χ1v) is 10.5. The van der Waals surface area contributed by atoms with Gasteiger partial charge in [-0.05, 0) is 12.1 Å². The highest BCUT2D eigenvalue weighted by Crippen LogP contribution is 2.37. The molecule has 2 aromatic rings. The molecule has 134 valence electrons. The number of nitrogens with zero attached hydrogens (tertiary/aromatic N) is 1. The summed E-state index contributed by atoms with van der Waals surface area (Å²) >= 11 is 0.854. The molecule has 0 saturated heterocycles. The predicted octanol–water partition coefficient (Wildman–Crippen LogP) is 1.49. The number of hydrogen-bond donors (Lipinski definition) is 2. The van der Waals surface area contributed by atoms with Crippen LogP contribution in [-0.2, 0) is 32.7 Å². The van der Waals surface area contributed by atoms with Crippen molar-refractivity contribution in [3.05, 3.63) is 22.5 Å². The van der Waals surface area contributed by atoms with Gasteiger partial charge in [0, 0.05) is 6.54 Å². The standard InChI is InChI=1S/C10H7F3N2O2S2.CH4O3S/c11-10(12,13)5-3-6-8-7(4-5)19(16,17)2-1-15(8)9(14)18-6;1-5(2,3)4/h3-4,14H,1-2H2;1H3,(H,2,3,4). The highest BCUT2D eigenvalue weighted by molar-refractivity contribution is 7.91. The predicted molar refractivity (Wildman–Crippen MR) is 80.2 cm³/mol. The third-order valence-corrected chi connectivity index (χ3v) is 5.65. The topological polar surface area (TPSA) is 117 Å². The largest absolute Gasteiger partial charge is 0.416 e. The molecule has 0 aliphatic carbocycles. The van der Waals surface area contributed by atoms with Crippen LogP contribution in [0.2, 0.25) is 0 Å². The van der Waals surface area contributed by atoms with E-state index >= 15 is 0 Å². The molecular weight excluding hydrogens is 393 g/mol. The maximum absolute atomic E-state index is 12.8. The van der Waals surface area contributed by atoms with E-state index in [1.54, 1.807) is 0 Å². The number of nitrogens with one attached hydrogen (secondary N) is 1. The molecule has 3 rings (SSSR count). The van der Waals surface area contributed by atoms with Crippen LogP contribution in [0.1, 0.15) is 5.56 Å². The molecule has 1 aliphatic rings. The number of thiazole rings is 1. The second-order valence-corrected chi connectivity index (χ2v) is 9.50. The van der Waals surface area contributed by atoms with Crippen LogP contribution in [-0.4, -0.2) is 38.0 Å². The molecule has 0 amide bonds. The Morgan fingerprint density at radius 1 is 1.33 bits per heavy atom. The Hall–Kier alpha value is -1.44. The number of sulfone groups is 1. The summed E-state index contributed by atoms with van der Waals surface area (Å²) in [6, 6.07) is 1.57. The summed E-state index contributed by atoms with van der Waals surface area (Å²) < 4.78 is 89.6. The normalized spacial score (nSPS) is 16.5. The van der Waals surface area contributed by atoms with Gasteiger partial charge in [0.1, 0.15) is 0 Å². The molecule has 24 heavy (non-hydrogen) atoms. The minimum absolute atomic E-state index is 0.0606. The van der Waals surface area contributed by atoms with Gasteiger partial charge in [-0.15, -0.1) is 0 Å². The fourth-order valence-electron chi connectivity index (χ4n) is 2.12. The number of aryl methyl sites for hydroxylation is 1. The van der Waals surface area contributed by atoms with E-state index in [4.69, 9.17) is 9.96 Å². The Morgan fingerprint density at radius 3 is 2.38 bits per heavy atom. The van der Waals surface area contributed by atoms with Crippen LogP contribution < -0.4 is 4.80 Å². The van der Waals surface area contributed by atoms with Crippen LogP contribution in [0.5, 0.6) is 0 Å². The van der Waals surface area contributed by atoms with Crippen molar-refractivity contribution in [2.75, 3.05) is 12.0 Å². The van der Waals surface area contributed by atoms with Gasteiger partial charge in [-0.2, -0.15) is 21.6 Å². The lowest BCUT2D eigenvalue weighted by Crippen LogP contribution is -2.25. The summed E-state index contributed by atoms with van der Waals surface area (Å²) in [7, 11) is -7.38. The van der Waals surface area contributed by atoms with Crippen molar-refractivity contribution in [1.82, 2.24) is 4.57 Å². The van der Waals surface area contributed by atoms with Crippen molar-refractivity contribution >= 4 is 41.5 Å². The fraction of sp³-hybridized carbons (Fsp3) is 0.364. The molecule has 7 nitrogen and oxygen atoms in total. The Labute approximate surface area is 138 Å². The number of rotatable bonds is 0. The molecule has 1 aromatic heterocycles. The van der Waals surface area contributed by atoms with Gasteiger partial charge < -0.3 is 4.57 Å². The number of benzene rings is 1. The summed E-state index contributed by atoms with van der Waals surface area (Å²) in [6.07, 6.45) is -3.89. The molecule has 0 saturated carbocycles. The molecule has 0 unspecified atom stereocenters. The lowest BCUT2D eigenvalue weighted by atomic mass is 10.2. The van der Waals surface area contributed by atoms with Gasteiger partial charge in [0.05, 0.1) is 32.7 Å². The van der Waals surface area contributed by atoms with Gasteiger partial charge in [0.2, 0.25) is 0 Å². The second kappa shape index (κ2) is 5.82. The summed E-state index contributed by atoms with van der Waals surface area (Å²) in [6.45, 7) is 0.111. The fourth-order valence-corrected chi connectivity index (χ4v) is 4.65. The molecule has 0 radical (unpaired) electrons. The zero-order valence-corrected chi connectivity index (χ0v) is 14.4. The molecule has 0 spiro atoms. The molecule has 2 N–H and O–H groups in total. The SMILES string of the molecule is CS(=O)(=O)O.N=c1sc2cc(C(F)(F)F)cc3c2n1CCS3(=O)=O. The molecule has 1 aliphatic heterocycles. The summed E-state index contributed by atoms with van der Waals surface area (Å²) in [4.78, 5) is -0.260. The zero-order chi connectivity index (χ0) is 18.5. The summed E-state index contributed by atoms with van der Waals surface area (Å²) in [5.41, 5.74) is -0.775. The monoisotopic (exact) mass is 404 g/mol. The van der Waals surface area contributed by atoms with Crippen molar-refractivity contribution in [2.24, 2.45) is 0 Å². The number of hydrogen-bond acceptors (Lipinski definition) is 6. The molecule has 2 heterocycles. The van der Waals surface area contributed by atoms with Crippen LogP contribution >= 0.6 is 11.3 Å². The molecule has 1 aromatic carbocycles. The quantitative estimate of drug-likeness (QED) is 0.645. The number of halogens is 3. The van der Waals surface area contributed by atoms with E-state index in [2.05, 4.69) is 0 Å². The smallest absolute Gasteiger partial charge is 0.315 e. The average Bonchev–Trinajstić information content (AvgIpc) is 2.67. The van der Waals surface area contributed by atoms with E-state index in [-0.39, 0.29) is 32.2 Å². The van der Waals surface area contributed by atoms with Crippen molar-refractivity contribution in [1.29, 1.82) is 5.41 Å². The van der Waals surface area contributed by atoms with Gasteiger partial charge in [-0.1, -0.05) is 11.3 Å². The summed E-state index contributed by atoms with van der Waals surface area (Å²) in [5.74, 6) is -0.274. The first-order valence-electron chi connectivity index (χ1n) is 6.14. The van der Waals surface area contributed by atoms with Crippen molar-refractivity contribution in [3.8, 4) is 0 Å². The summed E-state index contributed by atoms with van der Waals surface area (Å²) in [5, 5.41) is 7.69. The molecule has 0 fully saturated rings. The lowest BCUT2D eigenvalue weighted by molar-refractivity contribution is -0.137. The maximum Gasteiger partial charge on any atom is 0.416 e. The van der Waals surface area contributed by atoms with E-state index in [0.717, 1.165) is 17.4 Å². The van der Waals surface area contributed by atoms with E-state index < -0.39 is 31.7 Å². The highest BCUT2D eigenvalue weighted by atomic mass is 32.2. The van der Waals surface area contributed by atoms with Gasteiger partial charge in [-0.25, -0.2) is 8.42 Å². The Balaban J connectivity index is 0.000000368. The van der Waals surface area contributed by atoms with Crippen LogP contribution in [0.25, 0.3) is 10.2 Å². The van der Waals surface area contributed by atoms with Crippen molar-refractivity contribution < 1.29 is 34.6 Å². The third kappa shape index (κ3) is 3.96. The Kier molecular flexibility index (Phi) is 4.58. The zero-order valence-electron chi connectivity index (χ0n) is 12.0. The maximum atomic E-state index is 12.8. The third-order valence-electron chi connectivity index (χ3n) is 3.01.